The summed E-state index contributed by atoms with van der Waals surface area (Å²) in [5.41, 5.74) is 1.16. The number of halogens is 2. The fourth-order valence-corrected chi connectivity index (χ4v) is 3.30. The van der Waals surface area contributed by atoms with E-state index in [1.165, 1.54) is 18.3 Å². The van der Waals surface area contributed by atoms with Crippen molar-refractivity contribution in [3.05, 3.63) is 39.3 Å². The van der Waals surface area contributed by atoms with Crippen molar-refractivity contribution in [1.82, 2.24) is 10.3 Å². The fourth-order valence-electron chi connectivity index (χ4n) is 1.72. The fraction of sp³-hybridized carbons (Fsp3) is 0.214. The van der Waals surface area contributed by atoms with Crippen LogP contribution in [0.4, 0.5) is 0 Å². The molecule has 2 N–H and O–H groups in total. The van der Waals surface area contributed by atoms with Crippen molar-refractivity contribution in [2.24, 2.45) is 0 Å². The van der Waals surface area contributed by atoms with Crippen molar-refractivity contribution in [3.63, 3.8) is 0 Å². The van der Waals surface area contributed by atoms with Crippen molar-refractivity contribution in [3.8, 4) is 10.6 Å². The zero-order valence-corrected chi connectivity index (χ0v) is 13.8. The zero-order chi connectivity index (χ0) is 16.3. The minimum atomic E-state index is -1.09. The average molecular weight is 359 g/mol. The van der Waals surface area contributed by atoms with Crippen LogP contribution in [0.3, 0.4) is 0 Å². The van der Waals surface area contributed by atoms with Crippen molar-refractivity contribution in [2.45, 2.75) is 19.4 Å². The summed E-state index contributed by atoms with van der Waals surface area (Å²) in [6.45, 7) is 1.40. The molecule has 0 spiro atoms. The molecular formula is C14H12Cl2N2O3S. The molecule has 0 aliphatic heterocycles. The van der Waals surface area contributed by atoms with Gasteiger partial charge < -0.3 is 10.4 Å². The van der Waals surface area contributed by atoms with Crippen molar-refractivity contribution < 1.29 is 14.7 Å². The van der Waals surface area contributed by atoms with E-state index in [9.17, 15) is 9.59 Å². The number of aromatic nitrogens is 1. The molecule has 8 heteroatoms. The number of carboxylic acids is 1. The van der Waals surface area contributed by atoms with E-state index in [0.717, 1.165) is 0 Å². The van der Waals surface area contributed by atoms with E-state index in [4.69, 9.17) is 28.3 Å². The van der Waals surface area contributed by atoms with Gasteiger partial charge >= 0.3 is 5.97 Å². The topological polar surface area (TPSA) is 79.3 Å². The Morgan fingerprint density at radius 2 is 2.00 bits per heavy atom. The van der Waals surface area contributed by atoms with E-state index in [2.05, 4.69) is 10.3 Å². The van der Waals surface area contributed by atoms with Crippen LogP contribution in [0.25, 0.3) is 10.6 Å². The normalized spacial score (nSPS) is 12.0. The average Bonchev–Trinajstić information content (AvgIpc) is 2.86. The summed E-state index contributed by atoms with van der Waals surface area (Å²) in [7, 11) is 0. The highest BCUT2D eigenvalue weighted by Gasteiger charge is 2.17. The van der Waals surface area contributed by atoms with Crippen LogP contribution in [-0.4, -0.2) is 28.0 Å². The Morgan fingerprint density at radius 1 is 1.36 bits per heavy atom. The van der Waals surface area contributed by atoms with Gasteiger partial charge in [-0.3, -0.25) is 9.59 Å². The number of hydrogen-bond donors (Lipinski definition) is 2. The number of nitrogens with zero attached hydrogens (tertiary/aromatic N) is 1. The molecule has 1 aromatic heterocycles. The van der Waals surface area contributed by atoms with E-state index < -0.39 is 17.9 Å². The Bertz CT molecular complexity index is 698. The summed E-state index contributed by atoms with van der Waals surface area (Å²) in [5.74, 6) is -1.49. The Kier molecular flexibility index (Phi) is 5.39. The molecule has 1 amide bonds. The van der Waals surface area contributed by atoms with E-state index in [1.807, 2.05) is 0 Å². The number of amides is 1. The number of carbonyl (C=O) groups excluding carboxylic acids is 1. The Hall–Kier alpha value is -1.63. The quantitative estimate of drug-likeness (QED) is 0.859. The molecule has 1 heterocycles. The van der Waals surface area contributed by atoms with Gasteiger partial charge in [0.1, 0.15) is 11.0 Å². The van der Waals surface area contributed by atoms with Crippen LogP contribution in [0.15, 0.2) is 23.6 Å². The smallest absolute Gasteiger partial charge is 0.325 e. The minimum absolute atomic E-state index is 0.00378. The summed E-state index contributed by atoms with van der Waals surface area (Å²) < 4.78 is 0. The number of carbonyl (C=O) groups is 2. The van der Waals surface area contributed by atoms with Crippen molar-refractivity contribution in [2.75, 3.05) is 0 Å². The highest BCUT2D eigenvalue weighted by molar-refractivity contribution is 7.13. The molecule has 0 saturated heterocycles. The Balaban J connectivity index is 2.12. The largest absolute Gasteiger partial charge is 0.480 e. The van der Waals surface area contributed by atoms with Crippen LogP contribution in [0.2, 0.25) is 10.0 Å². The van der Waals surface area contributed by atoms with Crippen LogP contribution < -0.4 is 5.32 Å². The molecule has 0 radical (unpaired) electrons. The predicted octanol–water partition coefficient (Wildman–Crippen LogP) is 3.25. The molecule has 5 nitrogen and oxygen atoms in total. The van der Waals surface area contributed by atoms with Crippen molar-refractivity contribution >= 4 is 46.4 Å². The van der Waals surface area contributed by atoms with Gasteiger partial charge in [0, 0.05) is 10.9 Å². The van der Waals surface area contributed by atoms with Crippen LogP contribution in [0, 0.1) is 0 Å². The number of thiazole rings is 1. The number of nitrogens with one attached hydrogen (secondary N) is 1. The van der Waals surface area contributed by atoms with Gasteiger partial charge in [0.2, 0.25) is 5.91 Å². The molecule has 1 aromatic carbocycles. The summed E-state index contributed by atoms with van der Waals surface area (Å²) in [6.07, 6.45) is -0.00378. The molecule has 0 aliphatic carbocycles. The zero-order valence-electron chi connectivity index (χ0n) is 11.5. The number of carboxylic acid groups (broad SMARTS) is 1. The lowest BCUT2D eigenvalue weighted by Gasteiger charge is -2.07. The summed E-state index contributed by atoms with van der Waals surface area (Å²) in [5, 5.41) is 14.4. The lowest BCUT2D eigenvalue weighted by molar-refractivity contribution is -0.141. The van der Waals surface area contributed by atoms with Crippen LogP contribution >= 0.6 is 34.5 Å². The molecule has 116 valence electrons. The third-order valence-electron chi connectivity index (χ3n) is 2.82. The van der Waals surface area contributed by atoms with Gasteiger partial charge in [0.05, 0.1) is 22.2 Å². The van der Waals surface area contributed by atoms with E-state index in [0.29, 0.717) is 26.3 Å². The third-order valence-corrected chi connectivity index (χ3v) is 4.36. The van der Waals surface area contributed by atoms with Gasteiger partial charge in [-0.2, -0.15) is 0 Å². The molecule has 0 aliphatic rings. The third kappa shape index (κ3) is 3.97. The van der Waals surface area contributed by atoms with Gasteiger partial charge in [-0.1, -0.05) is 29.3 Å². The second-order valence-corrected chi connectivity index (χ2v) is 6.22. The lowest BCUT2D eigenvalue weighted by atomic mass is 10.2. The van der Waals surface area contributed by atoms with Gasteiger partial charge in [-0.25, -0.2) is 4.98 Å². The maximum atomic E-state index is 11.7. The van der Waals surface area contributed by atoms with Gasteiger partial charge in [0.25, 0.3) is 0 Å². The first kappa shape index (κ1) is 16.7. The minimum Gasteiger partial charge on any atom is -0.480 e. The second kappa shape index (κ2) is 7.09. The lowest BCUT2D eigenvalue weighted by Crippen LogP contribution is -2.39. The molecule has 0 saturated carbocycles. The molecule has 2 rings (SSSR count). The molecule has 0 unspecified atom stereocenters. The van der Waals surface area contributed by atoms with Gasteiger partial charge in [-0.15, -0.1) is 11.3 Å². The summed E-state index contributed by atoms with van der Waals surface area (Å²) in [4.78, 5) is 26.8. The predicted molar refractivity (Wildman–Crippen MR) is 86.5 cm³/mol. The van der Waals surface area contributed by atoms with Crippen molar-refractivity contribution in [1.29, 1.82) is 0 Å². The highest BCUT2D eigenvalue weighted by atomic mass is 35.5. The first-order valence-electron chi connectivity index (χ1n) is 6.29. The molecule has 1 atom stereocenters. The maximum Gasteiger partial charge on any atom is 0.325 e. The maximum absolute atomic E-state index is 11.7. The van der Waals surface area contributed by atoms with Crippen LogP contribution in [0.1, 0.15) is 12.6 Å². The molecule has 0 fully saturated rings. The Morgan fingerprint density at radius 3 is 2.59 bits per heavy atom. The first-order chi connectivity index (χ1) is 10.4. The first-order valence-corrected chi connectivity index (χ1v) is 7.93. The standard InChI is InChI=1S/C14H12Cl2N2O3S/c1-7(14(20)21)17-11(19)5-8-6-22-13(18-8)12-9(15)3-2-4-10(12)16/h2-4,6-7H,5H2,1H3,(H,17,19)(H,20,21)/t7-/m0/s1. The van der Waals surface area contributed by atoms with E-state index in [-0.39, 0.29) is 6.42 Å². The highest BCUT2D eigenvalue weighted by Crippen LogP contribution is 2.36. The SMILES string of the molecule is C[C@H](NC(=O)Cc1csc(-c2c(Cl)cccc2Cl)n1)C(=O)O. The molecular weight excluding hydrogens is 347 g/mol. The van der Waals surface area contributed by atoms with Gasteiger partial charge in [-0.05, 0) is 19.1 Å². The molecule has 2 aromatic rings. The van der Waals surface area contributed by atoms with E-state index in [1.54, 1.807) is 23.6 Å². The number of aliphatic carboxylic acids is 1. The second-order valence-electron chi connectivity index (χ2n) is 4.54. The Labute approximate surface area is 140 Å². The monoisotopic (exact) mass is 358 g/mol. The number of rotatable bonds is 5. The number of hydrogen-bond acceptors (Lipinski definition) is 4. The molecule has 22 heavy (non-hydrogen) atoms. The molecule has 0 bridgehead atoms. The van der Waals surface area contributed by atoms with Crippen LogP contribution in [-0.2, 0) is 16.0 Å². The summed E-state index contributed by atoms with van der Waals surface area (Å²) >= 11 is 13.6. The van der Waals surface area contributed by atoms with Crippen LogP contribution in [0.5, 0.6) is 0 Å². The van der Waals surface area contributed by atoms with E-state index >= 15 is 0 Å². The van der Waals surface area contributed by atoms with Gasteiger partial charge in [0.15, 0.2) is 0 Å². The number of benzene rings is 1. The summed E-state index contributed by atoms with van der Waals surface area (Å²) in [6, 6.07) is 4.23.